The van der Waals surface area contributed by atoms with E-state index in [9.17, 15) is 0 Å². The first-order valence-electron chi connectivity index (χ1n) is 18.9. The van der Waals surface area contributed by atoms with Gasteiger partial charge < -0.3 is 0 Å². The van der Waals surface area contributed by atoms with E-state index < -0.39 is 5.41 Å². The molecule has 1 aromatic heterocycles. The van der Waals surface area contributed by atoms with Gasteiger partial charge in [-0.25, -0.2) is 9.97 Å². The van der Waals surface area contributed by atoms with Gasteiger partial charge in [0.05, 0.1) is 27.8 Å². The van der Waals surface area contributed by atoms with Crippen LogP contribution in [-0.2, 0) is 5.41 Å². The normalized spacial score (nSPS) is 12.9. The van der Waals surface area contributed by atoms with Crippen molar-refractivity contribution in [3.05, 3.63) is 229 Å². The van der Waals surface area contributed by atoms with Crippen LogP contribution in [0.15, 0.2) is 206 Å². The molecule has 1 aliphatic rings. The Morgan fingerprint density at radius 2 is 0.873 bits per heavy atom. The third-order valence-electron chi connectivity index (χ3n) is 11.5. The van der Waals surface area contributed by atoms with E-state index in [-0.39, 0.29) is 0 Å². The van der Waals surface area contributed by atoms with E-state index in [2.05, 4.69) is 176 Å². The molecular weight excluding hydrogens is 665 g/mol. The molecule has 0 N–H and O–H groups in total. The van der Waals surface area contributed by atoms with Crippen LogP contribution in [-0.4, -0.2) is 9.97 Å². The largest absolute Gasteiger partial charge is 0.244 e. The van der Waals surface area contributed by atoms with E-state index in [1.807, 2.05) is 30.3 Å². The lowest BCUT2D eigenvalue weighted by molar-refractivity contribution is 0.775. The van der Waals surface area contributed by atoms with Crippen LogP contribution in [0.4, 0.5) is 0 Å². The third kappa shape index (κ3) is 4.75. The number of hydrogen-bond acceptors (Lipinski definition) is 2. The molecule has 0 radical (unpaired) electrons. The molecule has 55 heavy (non-hydrogen) atoms. The second kappa shape index (κ2) is 12.5. The molecule has 0 saturated heterocycles. The monoisotopic (exact) mass is 698 g/mol. The van der Waals surface area contributed by atoms with E-state index in [0.717, 1.165) is 38.9 Å². The lowest BCUT2D eigenvalue weighted by atomic mass is 9.66. The van der Waals surface area contributed by atoms with Crippen molar-refractivity contribution in [2.24, 2.45) is 0 Å². The third-order valence-corrected chi connectivity index (χ3v) is 11.5. The van der Waals surface area contributed by atoms with E-state index >= 15 is 0 Å². The molecule has 0 unspecified atom stereocenters. The number of rotatable bonds is 5. The summed E-state index contributed by atoms with van der Waals surface area (Å²) in [5.74, 6) is 0. The van der Waals surface area contributed by atoms with E-state index in [0.29, 0.717) is 0 Å². The fourth-order valence-corrected chi connectivity index (χ4v) is 9.19. The Labute approximate surface area is 320 Å². The van der Waals surface area contributed by atoms with E-state index in [1.165, 1.54) is 60.7 Å². The zero-order valence-electron chi connectivity index (χ0n) is 30.0. The minimum absolute atomic E-state index is 0.457. The van der Waals surface area contributed by atoms with Crippen molar-refractivity contribution in [1.82, 2.24) is 9.97 Å². The van der Waals surface area contributed by atoms with Gasteiger partial charge in [0.2, 0.25) is 0 Å². The molecule has 0 amide bonds. The Hall–Kier alpha value is -7.16. The van der Waals surface area contributed by atoms with Gasteiger partial charge in [-0.15, -0.1) is 0 Å². The molecule has 2 nitrogen and oxygen atoms in total. The lowest BCUT2D eigenvalue weighted by Gasteiger charge is -2.34. The first-order chi connectivity index (χ1) is 27.3. The van der Waals surface area contributed by atoms with E-state index in [4.69, 9.17) is 9.97 Å². The van der Waals surface area contributed by atoms with Crippen LogP contribution in [0.1, 0.15) is 22.3 Å². The number of nitrogens with zero attached hydrogens (tertiary/aromatic N) is 2. The number of benzene rings is 9. The van der Waals surface area contributed by atoms with Crippen LogP contribution < -0.4 is 0 Å². The van der Waals surface area contributed by atoms with Gasteiger partial charge >= 0.3 is 0 Å². The average Bonchev–Trinajstić information content (AvgIpc) is 3.58. The molecule has 11 rings (SSSR count). The molecule has 0 atom stereocenters. The van der Waals surface area contributed by atoms with Crippen molar-refractivity contribution in [2.45, 2.75) is 5.41 Å². The number of hydrogen-bond donors (Lipinski definition) is 0. The molecule has 2 heteroatoms. The Balaban J connectivity index is 1.13. The molecule has 0 saturated carbocycles. The summed E-state index contributed by atoms with van der Waals surface area (Å²) in [5.41, 5.74) is 15.4. The highest BCUT2D eigenvalue weighted by Gasteiger charge is 2.46. The quantitative estimate of drug-likeness (QED) is 0.179. The van der Waals surface area contributed by atoms with Gasteiger partial charge in [-0.2, -0.15) is 0 Å². The summed E-state index contributed by atoms with van der Waals surface area (Å²) in [6.45, 7) is 0. The van der Waals surface area contributed by atoms with Crippen LogP contribution in [0.5, 0.6) is 0 Å². The zero-order chi connectivity index (χ0) is 36.3. The SMILES string of the molecule is c1ccc(-c2nc3ccccc3nc2-c2ccc(-c3ccc4c5c(ccc4c3)-c3ccccc3C5(c3ccccc3)c3ccccc3)c3ccccc23)cc1. The zero-order valence-corrected chi connectivity index (χ0v) is 30.0. The highest BCUT2D eigenvalue weighted by atomic mass is 14.8. The average molecular weight is 699 g/mol. The molecule has 0 fully saturated rings. The van der Waals surface area contributed by atoms with Crippen molar-refractivity contribution >= 4 is 32.6 Å². The molecule has 256 valence electrons. The molecule has 1 heterocycles. The fraction of sp³-hybridized carbons (Fsp3) is 0.0189. The Morgan fingerprint density at radius 1 is 0.327 bits per heavy atom. The summed E-state index contributed by atoms with van der Waals surface area (Å²) >= 11 is 0. The highest BCUT2D eigenvalue weighted by Crippen LogP contribution is 2.58. The van der Waals surface area contributed by atoms with Crippen LogP contribution in [0.25, 0.3) is 77.3 Å². The lowest BCUT2D eigenvalue weighted by Crippen LogP contribution is -2.28. The van der Waals surface area contributed by atoms with Crippen LogP contribution in [0.3, 0.4) is 0 Å². The van der Waals surface area contributed by atoms with Crippen molar-refractivity contribution in [2.75, 3.05) is 0 Å². The van der Waals surface area contributed by atoms with E-state index in [1.54, 1.807) is 0 Å². The number of aromatic nitrogens is 2. The highest BCUT2D eigenvalue weighted by molar-refractivity contribution is 6.08. The number of fused-ring (bicyclic) bond motifs is 7. The summed E-state index contributed by atoms with van der Waals surface area (Å²) in [7, 11) is 0. The molecule has 9 aromatic carbocycles. The topological polar surface area (TPSA) is 25.8 Å². The molecule has 0 spiro atoms. The van der Waals surface area contributed by atoms with Gasteiger partial charge in [-0.1, -0.05) is 188 Å². The summed E-state index contributed by atoms with van der Waals surface area (Å²) < 4.78 is 0. The second-order valence-corrected chi connectivity index (χ2v) is 14.4. The first kappa shape index (κ1) is 31.4. The second-order valence-electron chi connectivity index (χ2n) is 14.4. The number of para-hydroxylation sites is 2. The molecule has 0 aliphatic heterocycles. The van der Waals surface area contributed by atoms with Crippen LogP contribution in [0.2, 0.25) is 0 Å². The Morgan fingerprint density at radius 3 is 1.58 bits per heavy atom. The summed E-state index contributed by atoms with van der Waals surface area (Å²) in [4.78, 5) is 10.4. The smallest absolute Gasteiger partial charge is 0.0979 e. The standard InChI is InChI=1S/C53H34N2/c1-4-16-35(17-5-1)51-52(55-49-27-15-14-26-48(49)54-51)46-33-32-40(42-22-10-11-23-43(42)46)36-28-30-41-37(34-36)29-31-45-44-24-12-13-25-47(44)53(50(41)45,38-18-6-2-7-19-38)39-20-8-3-9-21-39/h1-34H. The summed E-state index contributed by atoms with van der Waals surface area (Å²) in [6.07, 6.45) is 0. The predicted octanol–water partition coefficient (Wildman–Crippen LogP) is 13.3. The van der Waals surface area contributed by atoms with Gasteiger partial charge in [0.25, 0.3) is 0 Å². The molecule has 1 aliphatic carbocycles. The van der Waals surface area contributed by atoms with Crippen molar-refractivity contribution < 1.29 is 0 Å². The molecule has 0 bridgehead atoms. The van der Waals surface area contributed by atoms with Crippen LogP contribution in [0, 0.1) is 0 Å². The maximum absolute atomic E-state index is 5.27. The van der Waals surface area contributed by atoms with Gasteiger partial charge in [0.1, 0.15) is 0 Å². The van der Waals surface area contributed by atoms with Crippen molar-refractivity contribution in [3.8, 4) is 44.8 Å². The van der Waals surface area contributed by atoms with Gasteiger partial charge in [0.15, 0.2) is 0 Å². The summed E-state index contributed by atoms with van der Waals surface area (Å²) in [5, 5.41) is 4.83. The maximum Gasteiger partial charge on any atom is 0.0979 e. The van der Waals surface area contributed by atoms with Crippen molar-refractivity contribution in [1.29, 1.82) is 0 Å². The fourth-order valence-electron chi connectivity index (χ4n) is 9.19. The molecule has 10 aromatic rings. The van der Waals surface area contributed by atoms with Gasteiger partial charge in [-0.05, 0) is 84.3 Å². The Bertz CT molecular complexity index is 3040. The predicted molar refractivity (Wildman–Crippen MR) is 228 cm³/mol. The minimum atomic E-state index is -0.457. The molecular formula is C53H34N2. The summed E-state index contributed by atoms with van der Waals surface area (Å²) in [6, 6.07) is 74.6. The Kier molecular flexibility index (Phi) is 7.11. The minimum Gasteiger partial charge on any atom is -0.244 e. The van der Waals surface area contributed by atoms with Gasteiger partial charge in [0, 0.05) is 11.1 Å². The maximum atomic E-state index is 5.27. The van der Waals surface area contributed by atoms with Crippen molar-refractivity contribution in [3.63, 3.8) is 0 Å². The van der Waals surface area contributed by atoms with Crippen LogP contribution >= 0.6 is 0 Å². The first-order valence-corrected chi connectivity index (χ1v) is 18.9. The van der Waals surface area contributed by atoms with Gasteiger partial charge in [-0.3, -0.25) is 0 Å².